The van der Waals surface area contributed by atoms with Gasteiger partial charge >= 0.3 is 0 Å². The number of nitrogens with one attached hydrogen (secondary N) is 1. The third-order valence-corrected chi connectivity index (χ3v) is 3.81. The highest BCUT2D eigenvalue weighted by molar-refractivity contribution is 5.93. The van der Waals surface area contributed by atoms with Gasteiger partial charge in [0, 0.05) is 25.2 Å². The van der Waals surface area contributed by atoms with Crippen LogP contribution in [0.1, 0.15) is 23.3 Å². The number of carbonyl (C=O) groups excluding carboxylic acids is 1. The van der Waals surface area contributed by atoms with Gasteiger partial charge < -0.3 is 10.1 Å². The van der Waals surface area contributed by atoms with Gasteiger partial charge in [-0.25, -0.2) is 4.39 Å². The summed E-state index contributed by atoms with van der Waals surface area (Å²) in [6.45, 7) is 0.691. The predicted octanol–water partition coefficient (Wildman–Crippen LogP) is 2.37. The average molecular weight is 303 g/mol. The second-order valence-electron chi connectivity index (χ2n) is 5.54. The Morgan fingerprint density at radius 1 is 1.45 bits per heavy atom. The van der Waals surface area contributed by atoms with E-state index in [4.69, 9.17) is 4.74 Å². The van der Waals surface area contributed by atoms with Crippen molar-refractivity contribution in [3.05, 3.63) is 35.8 Å². The fourth-order valence-corrected chi connectivity index (χ4v) is 2.29. The van der Waals surface area contributed by atoms with Crippen LogP contribution in [0.5, 0.6) is 5.75 Å². The van der Waals surface area contributed by atoms with Crippen molar-refractivity contribution >= 4 is 5.91 Å². The molecule has 1 aliphatic carbocycles. The Labute approximate surface area is 128 Å². The molecule has 116 valence electrons. The van der Waals surface area contributed by atoms with E-state index in [1.165, 1.54) is 30.7 Å². The van der Waals surface area contributed by atoms with Gasteiger partial charge in [0.1, 0.15) is 17.3 Å². The SMILES string of the molecule is COc1ccc(-c2cc(C(=O)NCC3CC3)n(C)n2)c(F)c1. The first-order chi connectivity index (χ1) is 10.6. The van der Waals surface area contributed by atoms with Crippen molar-refractivity contribution in [3.63, 3.8) is 0 Å². The molecule has 1 fully saturated rings. The standard InChI is InChI=1S/C16H18FN3O2/c1-20-15(16(21)18-9-10-3-4-10)8-14(19-20)12-6-5-11(22-2)7-13(12)17/h5-8,10H,3-4,9H2,1-2H3,(H,18,21). The van der Waals surface area contributed by atoms with E-state index in [2.05, 4.69) is 10.4 Å². The number of rotatable bonds is 5. The molecule has 1 aromatic heterocycles. The van der Waals surface area contributed by atoms with Crippen molar-refractivity contribution < 1.29 is 13.9 Å². The Morgan fingerprint density at radius 3 is 2.86 bits per heavy atom. The number of benzene rings is 1. The number of hydrogen-bond acceptors (Lipinski definition) is 3. The van der Waals surface area contributed by atoms with Gasteiger partial charge in [0.15, 0.2) is 0 Å². The molecule has 0 spiro atoms. The normalized spacial score (nSPS) is 14.0. The Balaban J connectivity index is 1.83. The van der Waals surface area contributed by atoms with Crippen LogP contribution in [0.3, 0.4) is 0 Å². The topological polar surface area (TPSA) is 56.1 Å². The Kier molecular flexibility index (Phi) is 3.83. The van der Waals surface area contributed by atoms with Crippen molar-refractivity contribution in [2.45, 2.75) is 12.8 Å². The quantitative estimate of drug-likeness (QED) is 0.922. The van der Waals surface area contributed by atoms with Crippen LogP contribution in [-0.4, -0.2) is 29.3 Å². The van der Waals surface area contributed by atoms with Crippen LogP contribution in [0.15, 0.2) is 24.3 Å². The molecular weight excluding hydrogens is 285 g/mol. The maximum Gasteiger partial charge on any atom is 0.269 e. The molecule has 0 radical (unpaired) electrons. The first-order valence-corrected chi connectivity index (χ1v) is 7.24. The molecule has 1 heterocycles. The smallest absolute Gasteiger partial charge is 0.269 e. The summed E-state index contributed by atoms with van der Waals surface area (Å²) >= 11 is 0. The van der Waals surface area contributed by atoms with Gasteiger partial charge in [0.2, 0.25) is 0 Å². The number of ether oxygens (including phenoxy) is 1. The lowest BCUT2D eigenvalue weighted by molar-refractivity contribution is 0.0942. The van der Waals surface area contributed by atoms with Crippen LogP contribution in [0.4, 0.5) is 4.39 Å². The molecule has 1 amide bonds. The molecule has 2 aromatic rings. The van der Waals surface area contributed by atoms with Crippen LogP contribution in [0, 0.1) is 11.7 Å². The molecule has 0 atom stereocenters. The van der Waals surface area contributed by atoms with Gasteiger partial charge in [-0.3, -0.25) is 9.48 Å². The van der Waals surface area contributed by atoms with Gasteiger partial charge in [0.05, 0.1) is 12.8 Å². The molecule has 0 aliphatic heterocycles. The minimum atomic E-state index is -0.428. The maximum atomic E-state index is 14.1. The molecule has 5 nitrogen and oxygen atoms in total. The van der Waals surface area contributed by atoms with Crippen LogP contribution in [-0.2, 0) is 7.05 Å². The average Bonchev–Trinajstić information content (AvgIpc) is 3.26. The number of carbonyl (C=O) groups is 1. The van der Waals surface area contributed by atoms with E-state index in [1.54, 1.807) is 25.2 Å². The number of methoxy groups -OCH3 is 1. The number of aromatic nitrogens is 2. The van der Waals surface area contributed by atoms with Gasteiger partial charge in [-0.1, -0.05) is 0 Å². The summed E-state index contributed by atoms with van der Waals surface area (Å²) in [5, 5.41) is 7.12. The van der Waals surface area contributed by atoms with E-state index in [9.17, 15) is 9.18 Å². The lowest BCUT2D eigenvalue weighted by Gasteiger charge is -2.03. The molecule has 1 saturated carbocycles. The zero-order valence-corrected chi connectivity index (χ0v) is 12.6. The zero-order valence-electron chi connectivity index (χ0n) is 12.6. The van der Waals surface area contributed by atoms with Gasteiger partial charge in [-0.15, -0.1) is 0 Å². The van der Waals surface area contributed by atoms with E-state index >= 15 is 0 Å². The Morgan fingerprint density at radius 2 is 2.23 bits per heavy atom. The molecule has 0 unspecified atom stereocenters. The summed E-state index contributed by atoms with van der Waals surface area (Å²) in [5.74, 6) is 0.444. The highest BCUT2D eigenvalue weighted by atomic mass is 19.1. The van der Waals surface area contributed by atoms with Gasteiger partial charge in [0.25, 0.3) is 5.91 Å². The molecule has 1 N–H and O–H groups in total. The summed E-state index contributed by atoms with van der Waals surface area (Å²) in [4.78, 5) is 12.1. The van der Waals surface area contributed by atoms with Crippen LogP contribution >= 0.6 is 0 Å². The van der Waals surface area contributed by atoms with E-state index in [-0.39, 0.29) is 5.91 Å². The molecular formula is C16H18FN3O2. The number of amides is 1. The molecule has 1 aromatic carbocycles. The largest absolute Gasteiger partial charge is 0.497 e. The van der Waals surface area contributed by atoms with Gasteiger partial charge in [-0.05, 0) is 37.0 Å². The van der Waals surface area contributed by atoms with E-state index in [0.717, 1.165) is 0 Å². The minimum absolute atomic E-state index is 0.179. The molecule has 6 heteroatoms. The van der Waals surface area contributed by atoms with Crippen molar-refractivity contribution in [2.75, 3.05) is 13.7 Å². The van der Waals surface area contributed by atoms with Gasteiger partial charge in [-0.2, -0.15) is 5.10 Å². The third kappa shape index (κ3) is 2.95. The summed E-state index contributed by atoms with van der Waals surface area (Å²) < 4.78 is 20.6. The van der Waals surface area contributed by atoms with E-state index in [0.29, 0.717) is 35.2 Å². The predicted molar refractivity (Wildman–Crippen MR) is 80.2 cm³/mol. The second-order valence-corrected chi connectivity index (χ2v) is 5.54. The highest BCUT2D eigenvalue weighted by Crippen LogP contribution is 2.28. The number of nitrogens with zero attached hydrogens (tertiary/aromatic N) is 2. The van der Waals surface area contributed by atoms with E-state index < -0.39 is 5.82 Å². The van der Waals surface area contributed by atoms with Crippen molar-refractivity contribution in [2.24, 2.45) is 13.0 Å². The number of halogens is 1. The Bertz CT molecular complexity index is 707. The van der Waals surface area contributed by atoms with Crippen LogP contribution in [0.25, 0.3) is 11.3 Å². The van der Waals surface area contributed by atoms with Crippen molar-refractivity contribution in [3.8, 4) is 17.0 Å². The van der Waals surface area contributed by atoms with Crippen LogP contribution in [0.2, 0.25) is 0 Å². The van der Waals surface area contributed by atoms with Crippen LogP contribution < -0.4 is 10.1 Å². The monoisotopic (exact) mass is 303 g/mol. The lowest BCUT2D eigenvalue weighted by Crippen LogP contribution is -2.27. The molecule has 1 aliphatic rings. The summed E-state index contributed by atoms with van der Waals surface area (Å²) in [6.07, 6.45) is 2.35. The fourth-order valence-electron chi connectivity index (χ4n) is 2.29. The number of hydrogen-bond donors (Lipinski definition) is 1. The van der Waals surface area contributed by atoms with Crippen molar-refractivity contribution in [1.29, 1.82) is 0 Å². The Hall–Kier alpha value is -2.37. The van der Waals surface area contributed by atoms with Crippen molar-refractivity contribution in [1.82, 2.24) is 15.1 Å². The molecule has 0 saturated heterocycles. The molecule has 22 heavy (non-hydrogen) atoms. The summed E-state index contributed by atoms with van der Waals surface area (Å²) in [6, 6.07) is 6.17. The molecule has 0 bridgehead atoms. The first kappa shape index (κ1) is 14.6. The summed E-state index contributed by atoms with van der Waals surface area (Å²) in [7, 11) is 3.16. The maximum absolute atomic E-state index is 14.1. The third-order valence-electron chi connectivity index (χ3n) is 3.81. The second kappa shape index (κ2) is 5.79. The minimum Gasteiger partial charge on any atom is -0.497 e. The zero-order chi connectivity index (χ0) is 15.7. The first-order valence-electron chi connectivity index (χ1n) is 7.24. The fraction of sp³-hybridized carbons (Fsp3) is 0.375. The number of aryl methyl sites for hydroxylation is 1. The van der Waals surface area contributed by atoms with E-state index in [1.807, 2.05) is 0 Å². The summed E-state index contributed by atoms with van der Waals surface area (Å²) in [5.41, 5.74) is 1.20. The lowest BCUT2D eigenvalue weighted by atomic mass is 10.1. The molecule has 3 rings (SSSR count). The highest BCUT2D eigenvalue weighted by Gasteiger charge is 2.23.